The SMILES string of the molecule is CNC(=O)COC(=O)N1CCCN(c2ccc(-c3ccccc3OC)cn2)CC1. The zero-order chi connectivity index (χ0) is 20.6. The molecule has 8 heteroatoms. The van der Waals surface area contributed by atoms with Crippen molar-refractivity contribution in [1.29, 1.82) is 0 Å². The number of anilines is 1. The average molecular weight is 398 g/mol. The Labute approximate surface area is 170 Å². The fraction of sp³-hybridized carbons (Fsp3) is 0.381. The summed E-state index contributed by atoms with van der Waals surface area (Å²) in [7, 11) is 3.16. The van der Waals surface area contributed by atoms with E-state index < -0.39 is 6.09 Å². The highest BCUT2D eigenvalue weighted by molar-refractivity contribution is 5.79. The predicted molar refractivity (Wildman–Crippen MR) is 110 cm³/mol. The van der Waals surface area contributed by atoms with Gasteiger partial charge in [0.05, 0.1) is 7.11 Å². The molecule has 0 aliphatic carbocycles. The largest absolute Gasteiger partial charge is 0.496 e. The molecule has 154 valence electrons. The van der Waals surface area contributed by atoms with Gasteiger partial charge in [-0.3, -0.25) is 4.79 Å². The number of benzene rings is 1. The first-order valence-electron chi connectivity index (χ1n) is 9.59. The maximum Gasteiger partial charge on any atom is 0.410 e. The van der Waals surface area contributed by atoms with Gasteiger partial charge in [0, 0.05) is 50.6 Å². The van der Waals surface area contributed by atoms with Gasteiger partial charge in [0.15, 0.2) is 6.61 Å². The van der Waals surface area contributed by atoms with Crippen LogP contribution in [-0.4, -0.2) is 68.8 Å². The fourth-order valence-corrected chi connectivity index (χ4v) is 3.24. The molecular weight excluding hydrogens is 372 g/mol. The van der Waals surface area contributed by atoms with Crippen LogP contribution >= 0.6 is 0 Å². The number of para-hydroxylation sites is 1. The molecule has 1 N–H and O–H groups in total. The van der Waals surface area contributed by atoms with Gasteiger partial charge in [-0.25, -0.2) is 9.78 Å². The van der Waals surface area contributed by atoms with Gasteiger partial charge in [-0.05, 0) is 24.6 Å². The number of carbonyl (C=O) groups excluding carboxylic acids is 2. The van der Waals surface area contributed by atoms with E-state index in [4.69, 9.17) is 9.47 Å². The average Bonchev–Trinajstić information content (AvgIpc) is 3.03. The topological polar surface area (TPSA) is 84.0 Å². The zero-order valence-electron chi connectivity index (χ0n) is 16.8. The maximum atomic E-state index is 12.2. The molecule has 0 bridgehead atoms. The normalized spacial score (nSPS) is 14.1. The first-order valence-corrected chi connectivity index (χ1v) is 9.59. The van der Waals surface area contributed by atoms with E-state index in [1.165, 1.54) is 7.05 Å². The third kappa shape index (κ3) is 5.16. The van der Waals surface area contributed by atoms with Gasteiger partial charge >= 0.3 is 6.09 Å². The van der Waals surface area contributed by atoms with Crippen LogP contribution < -0.4 is 15.0 Å². The highest BCUT2D eigenvalue weighted by Crippen LogP contribution is 2.29. The Kier molecular flexibility index (Phi) is 6.89. The van der Waals surface area contributed by atoms with Gasteiger partial charge in [0.25, 0.3) is 5.91 Å². The van der Waals surface area contributed by atoms with E-state index >= 15 is 0 Å². The molecule has 1 aromatic heterocycles. The molecule has 2 aromatic rings. The highest BCUT2D eigenvalue weighted by Gasteiger charge is 2.21. The lowest BCUT2D eigenvalue weighted by molar-refractivity contribution is -0.123. The minimum Gasteiger partial charge on any atom is -0.496 e. The Balaban J connectivity index is 1.62. The van der Waals surface area contributed by atoms with Crippen LogP contribution in [0.5, 0.6) is 5.75 Å². The van der Waals surface area contributed by atoms with Gasteiger partial charge in [-0.1, -0.05) is 18.2 Å². The second-order valence-corrected chi connectivity index (χ2v) is 6.66. The molecule has 2 amide bonds. The molecule has 0 spiro atoms. The van der Waals surface area contributed by atoms with Crippen LogP contribution in [0.4, 0.5) is 10.6 Å². The lowest BCUT2D eigenvalue weighted by Crippen LogP contribution is -2.37. The molecule has 0 atom stereocenters. The van der Waals surface area contributed by atoms with Gasteiger partial charge < -0.3 is 24.6 Å². The van der Waals surface area contributed by atoms with Crippen molar-refractivity contribution in [3.63, 3.8) is 0 Å². The summed E-state index contributed by atoms with van der Waals surface area (Å²) in [5.74, 6) is 1.35. The maximum absolute atomic E-state index is 12.2. The molecule has 0 unspecified atom stereocenters. The number of nitrogens with zero attached hydrogens (tertiary/aromatic N) is 3. The number of nitrogens with one attached hydrogen (secondary N) is 1. The standard InChI is InChI=1S/C21H26N4O4/c1-22-20(26)15-29-21(27)25-11-5-10-24(12-13-25)19-9-8-16(14-23-19)17-6-3-4-7-18(17)28-2/h3-4,6-9,14H,5,10-13,15H2,1-2H3,(H,22,26). The summed E-state index contributed by atoms with van der Waals surface area (Å²) in [6, 6.07) is 11.9. The van der Waals surface area contributed by atoms with E-state index in [2.05, 4.69) is 15.2 Å². The third-order valence-electron chi connectivity index (χ3n) is 4.85. The van der Waals surface area contributed by atoms with E-state index in [1.54, 1.807) is 12.0 Å². The number of hydrogen-bond acceptors (Lipinski definition) is 6. The van der Waals surface area contributed by atoms with E-state index in [0.717, 1.165) is 35.7 Å². The van der Waals surface area contributed by atoms with Gasteiger partial charge in [0.2, 0.25) is 0 Å². The summed E-state index contributed by atoms with van der Waals surface area (Å²) in [6.45, 7) is 2.28. The molecule has 1 saturated heterocycles. The first-order chi connectivity index (χ1) is 14.1. The molecule has 3 rings (SSSR count). The van der Waals surface area contributed by atoms with Crippen molar-refractivity contribution < 1.29 is 19.1 Å². The van der Waals surface area contributed by atoms with Crippen LogP contribution in [0.3, 0.4) is 0 Å². The Morgan fingerprint density at radius 1 is 1.10 bits per heavy atom. The number of likely N-dealkylation sites (N-methyl/N-ethyl adjacent to an activating group) is 1. The monoisotopic (exact) mass is 398 g/mol. The van der Waals surface area contributed by atoms with Crippen molar-refractivity contribution in [2.75, 3.05) is 51.8 Å². The zero-order valence-corrected chi connectivity index (χ0v) is 16.8. The summed E-state index contributed by atoms with van der Waals surface area (Å²) in [5, 5.41) is 2.43. The molecule has 1 fully saturated rings. The third-order valence-corrected chi connectivity index (χ3v) is 4.85. The molecule has 1 aliphatic rings. The minimum absolute atomic E-state index is 0.262. The van der Waals surface area contributed by atoms with E-state index in [1.807, 2.05) is 42.6 Å². The smallest absolute Gasteiger partial charge is 0.410 e. The minimum atomic E-state index is -0.463. The quantitative estimate of drug-likeness (QED) is 0.831. The second-order valence-electron chi connectivity index (χ2n) is 6.66. The van der Waals surface area contributed by atoms with Crippen LogP contribution in [0.1, 0.15) is 6.42 Å². The Bertz CT molecular complexity index is 841. The lowest BCUT2D eigenvalue weighted by atomic mass is 10.1. The van der Waals surface area contributed by atoms with E-state index in [9.17, 15) is 9.59 Å². The van der Waals surface area contributed by atoms with Gasteiger partial charge in [-0.2, -0.15) is 0 Å². The molecule has 1 aromatic carbocycles. The number of methoxy groups -OCH3 is 1. The summed E-state index contributed by atoms with van der Waals surface area (Å²) >= 11 is 0. The predicted octanol–water partition coefficient (Wildman–Crippen LogP) is 2.15. The molecule has 1 aliphatic heterocycles. The van der Waals surface area contributed by atoms with Crippen molar-refractivity contribution in [3.05, 3.63) is 42.6 Å². The fourth-order valence-electron chi connectivity index (χ4n) is 3.24. The summed E-state index contributed by atoms with van der Waals surface area (Å²) in [5.41, 5.74) is 1.98. The number of hydrogen-bond donors (Lipinski definition) is 1. The van der Waals surface area contributed by atoms with Crippen LogP contribution in [0, 0.1) is 0 Å². The number of ether oxygens (including phenoxy) is 2. The van der Waals surface area contributed by atoms with Crippen LogP contribution in [-0.2, 0) is 9.53 Å². The Hall–Kier alpha value is -3.29. The first kappa shape index (κ1) is 20.4. The summed E-state index contributed by atoms with van der Waals surface area (Å²) < 4.78 is 10.5. The molecule has 2 heterocycles. The lowest BCUT2D eigenvalue weighted by Gasteiger charge is -2.22. The molecule has 0 radical (unpaired) electrons. The van der Waals surface area contributed by atoms with E-state index in [0.29, 0.717) is 19.6 Å². The molecular formula is C21H26N4O4. The van der Waals surface area contributed by atoms with Crippen molar-refractivity contribution in [2.45, 2.75) is 6.42 Å². The highest BCUT2D eigenvalue weighted by atomic mass is 16.6. The van der Waals surface area contributed by atoms with Crippen molar-refractivity contribution >= 4 is 17.8 Å². The Morgan fingerprint density at radius 2 is 1.93 bits per heavy atom. The van der Waals surface area contributed by atoms with E-state index in [-0.39, 0.29) is 12.5 Å². The van der Waals surface area contributed by atoms with Gasteiger partial charge in [0.1, 0.15) is 11.6 Å². The number of pyridine rings is 1. The van der Waals surface area contributed by atoms with Crippen LogP contribution in [0.2, 0.25) is 0 Å². The van der Waals surface area contributed by atoms with Crippen LogP contribution in [0.15, 0.2) is 42.6 Å². The van der Waals surface area contributed by atoms with Crippen molar-refractivity contribution in [3.8, 4) is 16.9 Å². The van der Waals surface area contributed by atoms with Crippen molar-refractivity contribution in [2.24, 2.45) is 0 Å². The molecule has 0 saturated carbocycles. The molecule has 29 heavy (non-hydrogen) atoms. The number of rotatable bonds is 5. The number of amides is 2. The summed E-state index contributed by atoms with van der Waals surface area (Å²) in [4.78, 5) is 31.8. The van der Waals surface area contributed by atoms with Crippen LogP contribution in [0.25, 0.3) is 11.1 Å². The molecule has 8 nitrogen and oxygen atoms in total. The van der Waals surface area contributed by atoms with Crippen molar-refractivity contribution in [1.82, 2.24) is 15.2 Å². The van der Waals surface area contributed by atoms with Gasteiger partial charge in [-0.15, -0.1) is 0 Å². The second kappa shape index (κ2) is 9.77. The number of carbonyl (C=O) groups is 2. The summed E-state index contributed by atoms with van der Waals surface area (Å²) in [6.07, 6.45) is 2.17. The Morgan fingerprint density at radius 3 is 2.66 bits per heavy atom. The number of aromatic nitrogens is 1.